The molecular formula is C19H26N2O6. The van der Waals surface area contributed by atoms with Gasteiger partial charge in [0.2, 0.25) is 11.8 Å². The first-order valence-electron chi connectivity index (χ1n) is 9.01. The number of aromatic nitrogens is 1. The minimum atomic E-state index is -1.26. The highest BCUT2D eigenvalue weighted by Crippen LogP contribution is 2.35. The number of piperidine rings is 1. The summed E-state index contributed by atoms with van der Waals surface area (Å²) in [6, 6.07) is 7.12. The highest BCUT2D eigenvalue weighted by Gasteiger charge is 2.39. The van der Waals surface area contributed by atoms with E-state index in [4.69, 9.17) is 19.7 Å². The Balaban J connectivity index is 0.000000279. The lowest BCUT2D eigenvalue weighted by molar-refractivity contribution is -0.134. The maximum absolute atomic E-state index is 9.55. The number of nitrogens with zero attached hydrogens (tertiary/aromatic N) is 2. The monoisotopic (exact) mass is 378 g/mol. The average molecular weight is 378 g/mol. The lowest BCUT2D eigenvalue weighted by Gasteiger charge is -2.36. The third kappa shape index (κ3) is 6.56. The van der Waals surface area contributed by atoms with Crippen molar-refractivity contribution < 1.29 is 29.3 Å². The topological polar surface area (TPSA) is 109 Å². The van der Waals surface area contributed by atoms with Gasteiger partial charge in [-0.05, 0) is 39.7 Å². The molecule has 3 rings (SSSR count). The van der Waals surface area contributed by atoms with E-state index in [0.717, 1.165) is 12.8 Å². The lowest BCUT2D eigenvalue weighted by Crippen LogP contribution is -2.43. The third-order valence-corrected chi connectivity index (χ3v) is 4.70. The molecule has 8 heteroatoms. The van der Waals surface area contributed by atoms with Gasteiger partial charge in [-0.1, -0.05) is 6.07 Å². The molecule has 2 unspecified atom stereocenters. The molecule has 2 aliphatic heterocycles. The van der Waals surface area contributed by atoms with E-state index in [9.17, 15) is 9.59 Å². The Morgan fingerprint density at radius 2 is 1.70 bits per heavy atom. The van der Waals surface area contributed by atoms with Crippen molar-refractivity contribution in [2.24, 2.45) is 0 Å². The molecule has 2 N–H and O–H groups in total. The average Bonchev–Trinajstić information content (AvgIpc) is 2.82. The van der Waals surface area contributed by atoms with Crippen molar-refractivity contribution in [3.05, 3.63) is 30.4 Å². The Labute approximate surface area is 158 Å². The fourth-order valence-electron chi connectivity index (χ4n) is 3.46. The molecule has 0 amide bonds. The van der Waals surface area contributed by atoms with Crippen LogP contribution in [0.2, 0.25) is 0 Å². The Morgan fingerprint density at radius 1 is 1.15 bits per heavy atom. The first-order chi connectivity index (χ1) is 12.9. The van der Waals surface area contributed by atoms with Gasteiger partial charge in [0, 0.05) is 36.4 Å². The van der Waals surface area contributed by atoms with Gasteiger partial charge in [0.05, 0.1) is 6.61 Å². The minimum Gasteiger partial charge on any atom is -0.478 e. The Hall–Kier alpha value is -2.61. The first-order valence-corrected chi connectivity index (χ1v) is 9.01. The molecule has 8 nitrogen and oxygen atoms in total. The second-order valence-electron chi connectivity index (χ2n) is 6.52. The van der Waals surface area contributed by atoms with E-state index in [1.165, 1.54) is 12.8 Å². The number of fused-ring (bicyclic) bond motifs is 2. The summed E-state index contributed by atoms with van der Waals surface area (Å²) in [4.78, 5) is 26.0. The molecule has 2 aliphatic rings. The zero-order chi connectivity index (χ0) is 19.8. The fraction of sp³-hybridized carbons (Fsp3) is 0.526. The summed E-state index contributed by atoms with van der Waals surface area (Å²) in [5.41, 5.74) is 0. The summed E-state index contributed by atoms with van der Waals surface area (Å²) in [5.74, 6) is -1.17. The molecule has 0 radical (unpaired) electrons. The third-order valence-electron chi connectivity index (χ3n) is 4.70. The normalized spacial score (nSPS) is 24.1. The van der Waals surface area contributed by atoms with Gasteiger partial charge in [-0.2, -0.15) is 4.98 Å². The van der Waals surface area contributed by atoms with E-state index in [1.54, 1.807) is 0 Å². The van der Waals surface area contributed by atoms with Crippen LogP contribution in [0.25, 0.3) is 0 Å². The van der Waals surface area contributed by atoms with Gasteiger partial charge < -0.3 is 24.6 Å². The molecule has 2 saturated heterocycles. The smallest absolute Gasteiger partial charge is 0.328 e. The summed E-state index contributed by atoms with van der Waals surface area (Å²) in [6.07, 6.45) is 6.28. The molecule has 1 aromatic rings. The Morgan fingerprint density at radius 3 is 2.22 bits per heavy atom. The van der Waals surface area contributed by atoms with Crippen LogP contribution < -0.4 is 9.47 Å². The summed E-state index contributed by atoms with van der Waals surface area (Å²) >= 11 is 0. The molecule has 0 aromatic carbocycles. The summed E-state index contributed by atoms with van der Waals surface area (Å²) < 4.78 is 11.5. The van der Waals surface area contributed by atoms with Crippen LogP contribution in [0, 0.1) is 0 Å². The summed E-state index contributed by atoms with van der Waals surface area (Å²) in [5, 5.41) is 15.6. The van der Waals surface area contributed by atoms with Gasteiger partial charge in [0.25, 0.3) is 0 Å². The number of hydrogen-bond acceptors (Lipinski definition) is 6. The first kappa shape index (κ1) is 20.7. The van der Waals surface area contributed by atoms with Crippen LogP contribution >= 0.6 is 0 Å². The molecule has 148 valence electrons. The maximum atomic E-state index is 9.55. The van der Waals surface area contributed by atoms with Crippen molar-refractivity contribution in [1.29, 1.82) is 0 Å². The van der Waals surface area contributed by atoms with Crippen LogP contribution in [-0.2, 0) is 9.59 Å². The Bertz CT molecular complexity index is 648. The van der Waals surface area contributed by atoms with Crippen LogP contribution in [0.5, 0.6) is 11.8 Å². The van der Waals surface area contributed by atoms with Crippen molar-refractivity contribution in [2.45, 2.75) is 50.8 Å². The lowest BCUT2D eigenvalue weighted by atomic mass is 10.0. The number of rotatable bonds is 6. The highest BCUT2D eigenvalue weighted by molar-refractivity contribution is 5.89. The van der Waals surface area contributed by atoms with Crippen molar-refractivity contribution in [1.82, 2.24) is 9.88 Å². The number of ether oxygens (including phenoxy) is 2. The van der Waals surface area contributed by atoms with Gasteiger partial charge >= 0.3 is 11.9 Å². The standard InChI is InChI=1S/C15H22N2O2.C4H4O4/c1-3-18-14-5-4-6-15(16-14)19-13-9-11-7-8-12(10-13)17(11)2;5-3(6)1-2-4(7)8/h4-6,11-13H,3,7-10H2,1-2H3;1-2H,(H,5,6)(H,7,8)/b;2-1+. The second kappa shape index (κ2) is 9.91. The fourth-order valence-corrected chi connectivity index (χ4v) is 3.46. The van der Waals surface area contributed by atoms with E-state index >= 15 is 0 Å². The van der Waals surface area contributed by atoms with Crippen molar-refractivity contribution in [2.75, 3.05) is 13.7 Å². The predicted octanol–water partition coefficient (Wildman–Crippen LogP) is 2.20. The van der Waals surface area contributed by atoms with Crippen LogP contribution in [0.3, 0.4) is 0 Å². The second-order valence-corrected chi connectivity index (χ2v) is 6.52. The largest absolute Gasteiger partial charge is 0.478 e. The number of pyridine rings is 1. The SMILES string of the molecule is CCOc1cccc(OC2CC3CCC(C2)N3C)n1.O=C(O)/C=C/C(=O)O. The van der Waals surface area contributed by atoms with Crippen LogP contribution in [-0.4, -0.2) is 63.9 Å². The number of carboxylic acid groups (broad SMARTS) is 2. The van der Waals surface area contributed by atoms with E-state index in [1.807, 2.05) is 25.1 Å². The van der Waals surface area contributed by atoms with E-state index in [-0.39, 0.29) is 0 Å². The van der Waals surface area contributed by atoms with E-state index < -0.39 is 11.9 Å². The van der Waals surface area contributed by atoms with Crippen molar-refractivity contribution >= 4 is 11.9 Å². The molecular weight excluding hydrogens is 352 g/mol. The molecule has 3 heterocycles. The van der Waals surface area contributed by atoms with E-state index in [0.29, 0.717) is 48.7 Å². The molecule has 0 spiro atoms. The highest BCUT2D eigenvalue weighted by atomic mass is 16.5. The summed E-state index contributed by atoms with van der Waals surface area (Å²) in [7, 11) is 2.24. The van der Waals surface area contributed by atoms with Gasteiger partial charge in [-0.15, -0.1) is 0 Å². The van der Waals surface area contributed by atoms with Gasteiger partial charge in [0.1, 0.15) is 6.10 Å². The van der Waals surface area contributed by atoms with Gasteiger partial charge in [-0.3, -0.25) is 0 Å². The molecule has 27 heavy (non-hydrogen) atoms. The zero-order valence-electron chi connectivity index (χ0n) is 15.6. The zero-order valence-corrected chi connectivity index (χ0v) is 15.6. The molecule has 0 saturated carbocycles. The molecule has 2 atom stereocenters. The predicted molar refractivity (Wildman–Crippen MR) is 98.0 cm³/mol. The number of aliphatic carboxylic acids is 2. The molecule has 1 aromatic heterocycles. The van der Waals surface area contributed by atoms with Crippen LogP contribution in [0.1, 0.15) is 32.6 Å². The number of carboxylic acids is 2. The molecule has 0 aliphatic carbocycles. The van der Waals surface area contributed by atoms with Gasteiger partial charge in [0.15, 0.2) is 0 Å². The maximum Gasteiger partial charge on any atom is 0.328 e. The summed E-state index contributed by atoms with van der Waals surface area (Å²) in [6.45, 7) is 2.60. The van der Waals surface area contributed by atoms with Crippen molar-refractivity contribution in [3.63, 3.8) is 0 Å². The van der Waals surface area contributed by atoms with Gasteiger partial charge in [-0.25, -0.2) is 9.59 Å². The number of hydrogen-bond donors (Lipinski definition) is 2. The molecule has 2 fully saturated rings. The van der Waals surface area contributed by atoms with E-state index in [2.05, 4.69) is 16.9 Å². The number of carbonyl (C=O) groups is 2. The van der Waals surface area contributed by atoms with Crippen LogP contribution in [0.15, 0.2) is 30.4 Å². The van der Waals surface area contributed by atoms with Crippen molar-refractivity contribution in [3.8, 4) is 11.8 Å². The quantitative estimate of drug-likeness (QED) is 0.725. The minimum absolute atomic E-state index is 0.304. The van der Waals surface area contributed by atoms with Crippen LogP contribution in [0.4, 0.5) is 0 Å². The Kier molecular flexibility index (Phi) is 7.60. The molecule has 2 bridgehead atoms.